The predicted octanol–water partition coefficient (Wildman–Crippen LogP) is 3.89. The molecule has 1 saturated carbocycles. The Morgan fingerprint density at radius 3 is 2.62 bits per heavy atom. The first-order valence-electron chi connectivity index (χ1n) is 11.1. The van der Waals surface area contributed by atoms with E-state index in [-0.39, 0.29) is 12.0 Å². The van der Waals surface area contributed by atoms with Gasteiger partial charge in [0.25, 0.3) is 0 Å². The molecule has 5 rings (SSSR count). The number of nitrogens with zero attached hydrogens (tertiary/aromatic N) is 4. The second-order valence-electron chi connectivity index (χ2n) is 8.26. The molecule has 34 heavy (non-hydrogen) atoms. The van der Waals surface area contributed by atoms with Crippen molar-refractivity contribution in [3.05, 3.63) is 60.3 Å². The van der Waals surface area contributed by atoms with Gasteiger partial charge in [0, 0.05) is 36.2 Å². The SMILES string of the molecule is N#Cc1cc(-c2ccnc(Nc3ccc(N4CCOCC4)cc3)n2)ccc1NC(=O)C1C[C@@H]1F. The molecule has 1 aromatic heterocycles. The molecule has 2 N–H and O–H groups in total. The number of alkyl halides is 1. The molecule has 9 heteroatoms. The van der Waals surface area contributed by atoms with Crippen LogP contribution in [0.4, 0.5) is 27.4 Å². The Bertz CT molecular complexity index is 1240. The monoisotopic (exact) mass is 458 g/mol. The van der Waals surface area contributed by atoms with Crippen LogP contribution in [0, 0.1) is 17.2 Å². The van der Waals surface area contributed by atoms with Crippen LogP contribution in [0.3, 0.4) is 0 Å². The Balaban J connectivity index is 1.30. The molecule has 0 radical (unpaired) electrons. The fourth-order valence-corrected chi connectivity index (χ4v) is 3.85. The molecule has 172 valence electrons. The summed E-state index contributed by atoms with van der Waals surface area (Å²) in [5.74, 6) is -0.593. The minimum Gasteiger partial charge on any atom is -0.378 e. The Morgan fingerprint density at radius 2 is 1.91 bits per heavy atom. The Labute approximate surface area is 196 Å². The van der Waals surface area contributed by atoms with Crippen molar-refractivity contribution in [2.24, 2.45) is 5.92 Å². The molecule has 0 bridgehead atoms. The summed E-state index contributed by atoms with van der Waals surface area (Å²) in [4.78, 5) is 23.2. The molecule has 1 aliphatic heterocycles. The Hall–Kier alpha value is -4.03. The second-order valence-corrected chi connectivity index (χ2v) is 8.26. The van der Waals surface area contributed by atoms with Crippen molar-refractivity contribution in [3.8, 4) is 17.3 Å². The summed E-state index contributed by atoms with van der Waals surface area (Å²) in [7, 11) is 0. The minimum atomic E-state index is -1.09. The molecule has 2 atom stereocenters. The highest BCUT2D eigenvalue weighted by Gasteiger charge is 2.43. The Kier molecular flexibility index (Phi) is 6.06. The van der Waals surface area contributed by atoms with Gasteiger partial charge in [-0.15, -0.1) is 0 Å². The highest BCUT2D eigenvalue weighted by Crippen LogP contribution is 2.35. The van der Waals surface area contributed by atoms with Crippen LogP contribution >= 0.6 is 0 Å². The minimum absolute atomic E-state index is 0.235. The number of hydrogen-bond donors (Lipinski definition) is 2. The van der Waals surface area contributed by atoms with Crippen LogP contribution in [-0.4, -0.2) is 48.4 Å². The van der Waals surface area contributed by atoms with E-state index in [1.165, 1.54) is 0 Å². The summed E-state index contributed by atoms with van der Waals surface area (Å²) in [6.45, 7) is 3.23. The molecule has 2 heterocycles. The third kappa shape index (κ3) is 4.82. The summed E-state index contributed by atoms with van der Waals surface area (Å²) in [5, 5.41) is 15.4. The first kappa shape index (κ1) is 21.8. The van der Waals surface area contributed by atoms with Gasteiger partial charge in [-0.25, -0.2) is 14.4 Å². The topological polar surface area (TPSA) is 103 Å². The fourth-order valence-electron chi connectivity index (χ4n) is 3.85. The van der Waals surface area contributed by atoms with Gasteiger partial charge in [-0.2, -0.15) is 5.26 Å². The van der Waals surface area contributed by atoms with Gasteiger partial charge in [-0.05, 0) is 48.9 Å². The maximum Gasteiger partial charge on any atom is 0.230 e. The molecule has 1 amide bonds. The van der Waals surface area contributed by atoms with E-state index >= 15 is 0 Å². The largest absolute Gasteiger partial charge is 0.378 e. The van der Waals surface area contributed by atoms with Crippen molar-refractivity contribution < 1.29 is 13.9 Å². The number of benzene rings is 2. The molecule has 0 spiro atoms. The third-order valence-electron chi connectivity index (χ3n) is 5.90. The number of halogens is 1. The zero-order valence-corrected chi connectivity index (χ0v) is 18.4. The average Bonchev–Trinajstić information content (AvgIpc) is 3.62. The van der Waals surface area contributed by atoms with E-state index in [1.54, 1.807) is 30.5 Å². The van der Waals surface area contributed by atoms with E-state index in [9.17, 15) is 14.4 Å². The first-order valence-corrected chi connectivity index (χ1v) is 11.1. The molecule has 8 nitrogen and oxygen atoms in total. The van der Waals surface area contributed by atoms with Gasteiger partial charge in [-0.3, -0.25) is 4.79 Å². The number of anilines is 4. The van der Waals surface area contributed by atoms with Crippen LogP contribution in [0.1, 0.15) is 12.0 Å². The number of ether oxygens (including phenoxy) is 1. The molecule has 2 aromatic carbocycles. The summed E-state index contributed by atoms with van der Waals surface area (Å²) < 4.78 is 18.5. The van der Waals surface area contributed by atoms with Gasteiger partial charge >= 0.3 is 0 Å². The van der Waals surface area contributed by atoms with E-state index in [4.69, 9.17) is 4.74 Å². The summed E-state index contributed by atoms with van der Waals surface area (Å²) in [6.07, 6.45) is 0.786. The van der Waals surface area contributed by atoms with Crippen molar-refractivity contribution >= 4 is 28.9 Å². The normalized spacial score (nSPS) is 19.2. The molecular formula is C25H23FN6O2. The molecule has 2 aliphatic rings. The van der Waals surface area contributed by atoms with Gasteiger partial charge in [-0.1, -0.05) is 6.07 Å². The zero-order chi connectivity index (χ0) is 23.5. The number of rotatable bonds is 6. The maximum atomic E-state index is 13.1. The lowest BCUT2D eigenvalue weighted by atomic mass is 10.1. The van der Waals surface area contributed by atoms with Crippen LogP contribution in [0.2, 0.25) is 0 Å². The quantitative estimate of drug-likeness (QED) is 0.578. The van der Waals surface area contributed by atoms with E-state index in [0.717, 1.165) is 37.7 Å². The van der Waals surface area contributed by atoms with Gasteiger partial charge in [0.1, 0.15) is 12.2 Å². The van der Waals surface area contributed by atoms with Crippen molar-refractivity contribution in [3.63, 3.8) is 0 Å². The molecule has 3 aromatic rings. The average molecular weight is 458 g/mol. The van der Waals surface area contributed by atoms with Crippen LogP contribution in [0.15, 0.2) is 54.7 Å². The molecule has 2 fully saturated rings. The summed E-state index contributed by atoms with van der Waals surface area (Å²) in [6, 6.07) is 17.0. The van der Waals surface area contributed by atoms with E-state index in [1.807, 2.05) is 12.1 Å². The molecule has 1 saturated heterocycles. The van der Waals surface area contributed by atoms with Crippen molar-refractivity contribution in [2.45, 2.75) is 12.6 Å². The number of nitrogens with one attached hydrogen (secondary N) is 2. The number of carbonyl (C=O) groups is 1. The number of amides is 1. The number of nitriles is 1. The van der Waals surface area contributed by atoms with E-state index in [2.05, 4.69) is 43.7 Å². The van der Waals surface area contributed by atoms with Crippen molar-refractivity contribution in [2.75, 3.05) is 41.8 Å². The van der Waals surface area contributed by atoms with Crippen molar-refractivity contribution in [1.82, 2.24) is 9.97 Å². The predicted molar refractivity (Wildman–Crippen MR) is 127 cm³/mol. The third-order valence-corrected chi connectivity index (χ3v) is 5.90. The highest BCUT2D eigenvalue weighted by atomic mass is 19.1. The van der Waals surface area contributed by atoms with Crippen molar-refractivity contribution in [1.29, 1.82) is 5.26 Å². The lowest BCUT2D eigenvalue weighted by Gasteiger charge is -2.28. The van der Waals surface area contributed by atoms with Crippen LogP contribution in [-0.2, 0) is 9.53 Å². The number of carbonyl (C=O) groups excluding carboxylic acids is 1. The fraction of sp³-hybridized carbons (Fsp3) is 0.280. The zero-order valence-electron chi connectivity index (χ0n) is 18.4. The second kappa shape index (κ2) is 9.45. The lowest BCUT2D eigenvalue weighted by molar-refractivity contribution is -0.117. The highest BCUT2D eigenvalue weighted by molar-refractivity contribution is 5.96. The smallest absolute Gasteiger partial charge is 0.230 e. The molecule has 1 unspecified atom stereocenters. The van der Waals surface area contributed by atoms with Crippen LogP contribution < -0.4 is 15.5 Å². The maximum absolute atomic E-state index is 13.1. The molecule has 1 aliphatic carbocycles. The van der Waals surface area contributed by atoms with Gasteiger partial charge in [0.05, 0.1) is 36.1 Å². The summed E-state index contributed by atoms with van der Waals surface area (Å²) >= 11 is 0. The lowest BCUT2D eigenvalue weighted by Crippen LogP contribution is -2.36. The van der Waals surface area contributed by atoms with Crippen LogP contribution in [0.25, 0.3) is 11.3 Å². The first-order chi connectivity index (χ1) is 16.6. The standard InChI is InChI=1S/C25H23FN6O2/c26-21-14-20(21)24(33)30-22-6-1-16(13-17(22)15-27)23-7-8-28-25(31-23)29-18-2-4-19(5-3-18)32-9-11-34-12-10-32/h1-8,13,20-21H,9-12,14H2,(H,30,33)(H,28,29,31)/t20?,21-/m0/s1. The Morgan fingerprint density at radius 1 is 1.15 bits per heavy atom. The van der Waals surface area contributed by atoms with E-state index < -0.39 is 18.0 Å². The molecular weight excluding hydrogens is 435 g/mol. The number of aromatic nitrogens is 2. The number of hydrogen-bond acceptors (Lipinski definition) is 7. The number of morpholine rings is 1. The van der Waals surface area contributed by atoms with Gasteiger partial charge < -0.3 is 20.3 Å². The van der Waals surface area contributed by atoms with Gasteiger partial charge in [0.15, 0.2) is 0 Å². The van der Waals surface area contributed by atoms with Crippen LogP contribution in [0.5, 0.6) is 0 Å². The van der Waals surface area contributed by atoms with Gasteiger partial charge in [0.2, 0.25) is 11.9 Å². The summed E-state index contributed by atoms with van der Waals surface area (Å²) in [5.41, 5.74) is 3.98. The van der Waals surface area contributed by atoms with E-state index in [0.29, 0.717) is 22.9 Å².